The van der Waals surface area contributed by atoms with E-state index in [0.717, 1.165) is 31.2 Å². The molecule has 0 aromatic heterocycles. The molecule has 1 aliphatic carbocycles. The topological polar surface area (TPSA) is 84.2 Å². The van der Waals surface area contributed by atoms with Crippen LogP contribution in [-0.4, -0.2) is 31.8 Å². The van der Waals surface area contributed by atoms with Gasteiger partial charge < -0.3 is 4.74 Å². The quantitative estimate of drug-likeness (QED) is 0.640. The Kier molecular flexibility index (Phi) is 7.85. The monoisotopic (exact) mass is 391 g/mol. The standard InChI is InChI=1S/C21H29NO4S/c1-3-16(2)27(24,25)15-17-7-9-19(10-8-17)21(23)14-18-5-4-6-20(13-18)26-12-11-22/h4-6,13,16-17,19H,3,7-10,12,14-15H2,1-2H3. The maximum absolute atomic E-state index is 12.6. The van der Waals surface area contributed by atoms with Crippen molar-refractivity contribution in [2.24, 2.45) is 11.8 Å². The first kappa shape index (κ1) is 21.4. The number of benzene rings is 1. The number of carbonyl (C=O) groups excluding carboxylic acids is 1. The highest BCUT2D eigenvalue weighted by molar-refractivity contribution is 7.92. The van der Waals surface area contributed by atoms with Crippen molar-refractivity contribution in [2.75, 3.05) is 12.4 Å². The van der Waals surface area contributed by atoms with E-state index in [4.69, 9.17) is 10.00 Å². The Morgan fingerprint density at radius 3 is 2.63 bits per heavy atom. The van der Waals surface area contributed by atoms with Gasteiger partial charge in [0.1, 0.15) is 17.6 Å². The summed E-state index contributed by atoms with van der Waals surface area (Å²) in [6.45, 7) is 3.66. The molecule has 0 spiro atoms. The lowest BCUT2D eigenvalue weighted by molar-refractivity contribution is -0.123. The molecule has 6 heteroatoms. The number of rotatable bonds is 9. The van der Waals surface area contributed by atoms with Gasteiger partial charge in [0.25, 0.3) is 0 Å². The number of carbonyl (C=O) groups is 1. The smallest absolute Gasteiger partial charge is 0.174 e. The number of hydrogen-bond acceptors (Lipinski definition) is 5. The second-order valence-corrected chi connectivity index (χ2v) is 9.97. The average molecular weight is 392 g/mol. The maximum atomic E-state index is 12.6. The summed E-state index contributed by atoms with van der Waals surface area (Å²) in [6.07, 6.45) is 4.14. The summed E-state index contributed by atoms with van der Waals surface area (Å²) >= 11 is 0. The number of Topliss-reactive ketones (excluding diaryl/α,β-unsaturated/α-hetero) is 1. The van der Waals surface area contributed by atoms with Crippen LogP contribution in [-0.2, 0) is 21.1 Å². The summed E-state index contributed by atoms with van der Waals surface area (Å²) in [5.74, 6) is 1.24. The van der Waals surface area contributed by atoms with Gasteiger partial charge in [0, 0.05) is 12.3 Å². The second kappa shape index (κ2) is 9.89. The minimum absolute atomic E-state index is 0.0104. The van der Waals surface area contributed by atoms with Crippen LogP contribution in [0.1, 0.15) is 51.5 Å². The van der Waals surface area contributed by atoms with Crippen LogP contribution in [0, 0.1) is 23.2 Å². The summed E-state index contributed by atoms with van der Waals surface area (Å²) in [5, 5.41) is 8.30. The molecule has 0 amide bonds. The van der Waals surface area contributed by atoms with Crippen molar-refractivity contribution < 1.29 is 17.9 Å². The van der Waals surface area contributed by atoms with Crippen molar-refractivity contribution in [2.45, 2.75) is 57.6 Å². The molecule has 1 fully saturated rings. The normalized spacial score (nSPS) is 21.2. The van der Waals surface area contributed by atoms with Crippen LogP contribution >= 0.6 is 0 Å². The van der Waals surface area contributed by atoms with Crippen molar-refractivity contribution in [3.8, 4) is 11.8 Å². The summed E-state index contributed by atoms with van der Waals surface area (Å²) in [6, 6.07) is 9.22. The van der Waals surface area contributed by atoms with Crippen LogP contribution in [0.4, 0.5) is 0 Å². The van der Waals surface area contributed by atoms with Crippen LogP contribution in [0.5, 0.6) is 5.75 Å². The highest BCUT2D eigenvalue weighted by atomic mass is 32.2. The van der Waals surface area contributed by atoms with Crippen molar-refractivity contribution in [3.63, 3.8) is 0 Å². The van der Waals surface area contributed by atoms with E-state index in [1.807, 2.05) is 25.1 Å². The Morgan fingerprint density at radius 2 is 2.00 bits per heavy atom. The molecule has 1 saturated carbocycles. The number of sulfone groups is 1. The fourth-order valence-corrected chi connectivity index (χ4v) is 5.43. The fourth-order valence-electron chi connectivity index (χ4n) is 3.60. The van der Waals surface area contributed by atoms with Crippen LogP contribution in [0.25, 0.3) is 0 Å². The van der Waals surface area contributed by atoms with Crippen molar-refractivity contribution in [1.82, 2.24) is 0 Å². The average Bonchev–Trinajstić information content (AvgIpc) is 2.66. The third-order valence-corrected chi connectivity index (χ3v) is 8.03. The van der Waals surface area contributed by atoms with E-state index in [0.29, 0.717) is 18.6 Å². The SMILES string of the molecule is CCC(C)S(=O)(=O)CC1CCC(C(=O)Cc2cccc(OCC#N)c2)CC1. The molecule has 1 aromatic carbocycles. The Labute approximate surface area is 162 Å². The Bertz CT molecular complexity index is 774. The van der Waals surface area contributed by atoms with Gasteiger partial charge in [-0.25, -0.2) is 8.42 Å². The summed E-state index contributed by atoms with van der Waals surface area (Å²) in [4.78, 5) is 12.6. The van der Waals surface area contributed by atoms with Gasteiger partial charge in [-0.3, -0.25) is 4.79 Å². The summed E-state index contributed by atoms with van der Waals surface area (Å²) < 4.78 is 29.9. The molecule has 1 atom stereocenters. The number of nitriles is 1. The molecule has 0 heterocycles. The van der Waals surface area contributed by atoms with Crippen LogP contribution < -0.4 is 4.74 Å². The minimum Gasteiger partial charge on any atom is -0.479 e. The maximum Gasteiger partial charge on any atom is 0.174 e. The predicted molar refractivity (Wildman–Crippen MR) is 105 cm³/mol. The van der Waals surface area contributed by atoms with E-state index in [9.17, 15) is 13.2 Å². The molecule has 27 heavy (non-hydrogen) atoms. The molecule has 0 bridgehead atoms. The summed E-state index contributed by atoms with van der Waals surface area (Å²) in [7, 11) is -3.03. The summed E-state index contributed by atoms with van der Waals surface area (Å²) in [5.41, 5.74) is 0.886. The molecule has 0 radical (unpaired) electrons. The number of hydrogen-bond donors (Lipinski definition) is 0. The van der Waals surface area contributed by atoms with Gasteiger partial charge in [0.15, 0.2) is 16.4 Å². The molecule has 1 aromatic rings. The van der Waals surface area contributed by atoms with Crippen LogP contribution in [0.15, 0.2) is 24.3 Å². The van der Waals surface area contributed by atoms with E-state index >= 15 is 0 Å². The number of ether oxygens (including phenoxy) is 1. The van der Waals surface area contributed by atoms with Crippen molar-refractivity contribution in [1.29, 1.82) is 5.26 Å². The van der Waals surface area contributed by atoms with E-state index in [2.05, 4.69) is 0 Å². The number of ketones is 1. The molecule has 0 aliphatic heterocycles. The second-order valence-electron chi connectivity index (χ2n) is 7.50. The number of nitrogens with zero attached hydrogens (tertiary/aromatic N) is 1. The zero-order valence-electron chi connectivity index (χ0n) is 16.2. The Morgan fingerprint density at radius 1 is 1.30 bits per heavy atom. The zero-order valence-corrected chi connectivity index (χ0v) is 17.0. The molecule has 0 saturated heterocycles. The lowest BCUT2D eigenvalue weighted by atomic mass is 9.79. The van der Waals surface area contributed by atoms with E-state index in [-0.39, 0.29) is 35.2 Å². The van der Waals surface area contributed by atoms with Gasteiger partial charge in [0.2, 0.25) is 0 Å². The first-order valence-electron chi connectivity index (χ1n) is 9.68. The van der Waals surface area contributed by atoms with E-state index in [1.54, 1.807) is 19.1 Å². The highest BCUT2D eigenvalue weighted by Crippen LogP contribution is 2.32. The third kappa shape index (κ3) is 6.35. The highest BCUT2D eigenvalue weighted by Gasteiger charge is 2.30. The molecule has 148 valence electrons. The largest absolute Gasteiger partial charge is 0.479 e. The lowest BCUT2D eigenvalue weighted by Crippen LogP contribution is -2.30. The van der Waals surface area contributed by atoms with Gasteiger partial charge >= 0.3 is 0 Å². The molecular formula is C21H29NO4S. The van der Waals surface area contributed by atoms with Crippen LogP contribution in [0.2, 0.25) is 0 Å². The van der Waals surface area contributed by atoms with Gasteiger partial charge in [-0.2, -0.15) is 5.26 Å². The van der Waals surface area contributed by atoms with Gasteiger partial charge in [0.05, 0.1) is 11.0 Å². The lowest BCUT2D eigenvalue weighted by Gasteiger charge is -2.28. The zero-order chi connectivity index (χ0) is 19.9. The van der Waals surface area contributed by atoms with Crippen LogP contribution in [0.3, 0.4) is 0 Å². The van der Waals surface area contributed by atoms with Gasteiger partial charge in [-0.1, -0.05) is 19.1 Å². The molecule has 2 rings (SSSR count). The van der Waals surface area contributed by atoms with Crippen molar-refractivity contribution in [3.05, 3.63) is 29.8 Å². The molecule has 1 aliphatic rings. The molecule has 0 N–H and O–H groups in total. The predicted octanol–water partition coefficient (Wildman–Crippen LogP) is 3.72. The fraction of sp³-hybridized carbons (Fsp3) is 0.619. The Hall–Kier alpha value is -1.87. The van der Waals surface area contributed by atoms with Gasteiger partial charge in [-0.15, -0.1) is 0 Å². The first-order valence-corrected chi connectivity index (χ1v) is 11.4. The molecule has 1 unspecified atom stereocenters. The minimum atomic E-state index is -3.03. The van der Waals surface area contributed by atoms with E-state index in [1.165, 1.54) is 0 Å². The molecular weight excluding hydrogens is 362 g/mol. The Balaban J connectivity index is 1.86. The molecule has 5 nitrogen and oxygen atoms in total. The van der Waals surface area contributed by atoms with Gasteiger partial charge in [-0.05, 0) is 62.6 Å². The first-order chi connectivity index (χ1) is 12.9. The van der Waals surface area contributed by atoms with E-state index < -0.39 is 9.84 Å². The van der Waals surface area contributed by atoms with Crippen molar-refractivity contribution >= 4 is 15.6 Å². The third-order valence-electron chi connectivity index (χ3n) is 5.54.